The average molecular weight is 444 g/mol. The van der Waals surface area contributed by atoms with Crippen LogP contribution in [0.5, 0.6) is 0 Å². The number of rotatable bonds is 4. The lowest BCUT2D eigenvalue weighted by molar-refractivity contribution is 0.0598. The molecule has 0 saturated carbocycles. The van der Waals surface area contributed by atoms with E-state index >= 15 is 0 Å². The first kappa shape index (κ1) is 21.5. The van der Waals surface area contributed by atoms with Crippen LogP contribution in [0.3, 0.4) is 0 Å². The molecular weight excluding hydrogens is 414 g/mol. The fourth-order valence-corrected chi connectivity index (χ4v) is 4.95. The Bertz CT molecular complexity index is 1210. The van der Waals surface area contributed by atoms with Gasteiger partial charge in [-0.15, -0.1) is 0 Å². The highest BCUT2D eigenvalue weighted by Crippen LogP contribution is 2.31. The minimum Gasteiger partial charge on any atom is -0.328 e. The molecule has 0 bridgehead atoms. The lowest BCUT2D eigenvalue weighted by atomic mass is 9.98. The molecule has 5 rings (SSSR count). The van der Waals surface area contributed by atoms with E-state index in [0.717, 1.165) is 61.2 Å². The van der Waals surface area contributed by atoms with Gasteiger partial charge in [-0.2, -0.15) is 0 Å². The number of fused-ring (bicyclic) bond motifs is 1. The third-order valence-electron chi connectivity index (χ3n) is 6.64. The van der Waals surface area contributed by atoms with Crippen LogP contribution in [0, 0.1) is 6.92 Å². The Balaban J connectivity index is 1.39. The summed E-state index contributed by atoms with van der Waals surface area (Å²) in [5, 5.41) is 0. The van der Waals surface area contributed by atoms with Gasteiger partial charge in [-0.25, -0.2) is 4.98 Å². The van der Waals surface area contributed by atoms with Crippen molar-refractivity contribution in [3.8, 4) is 0 Å². The molecule has 0 spiro atoms. The summed E-state index contributed by atoms with van der Waals surface area (Å²) in [7, 11) is 0. The molecule has 7 heteroatoms. The molecule has 7 nitrogen and oxygen atoms in total. The quantitative estimate of drug-likeness (QED) is 0.668. The van der Waals surface area contributed by atoms with Gasteiger partial charge in [0.2, 0.25) is 0 Å². The Kier molecular flexibility index (Phi) is 6.05. The summed E-state index contributed by atoms with van der Waals surface area (Å²) in [5.74, 6) is 0.631. The van der Waals surface area contributed by atoms with E-state index in [1.807, 2.05) is 48.4 Å². The standard InChI is InChI=1S/C26H29N5O2/c1-18-6-4-8-20(14-18)26(33)31-12-3-2-9-23(31)24-28-22-10-13-30(17-21(22)25(32)29-24)16-19-7-5-11-27-15-19/h4-8,11,14-15,23H,2-3,9-10,12-13,16-17H2,1H3,(H,28,29,32). The van der Waals surface area contributed by atoms with E-state index < -0.39 is 0 Å². The zero-order valence-corrected chi connectivity index (χ0v) is 19.0. The lowest BCUT2D eigenvalue weighted by Crippen LogP contribution is -2.41. The minimum atomic E-state index is -0.196. The molecule has 2 aliphatic rings. The SMILES string of the molecule is Cc1cccc(C(=O)N2CCCCC2c2nc3c(c(=O)[nH]2)CN(Cc2cccnc2)CC3)c1. The van der Waals surface area contributed by atoms with Gasteiger partial charge < -0.3 is 9.88 Å². The number of likely N-dealkylation sites (tertiary alicyclic amines) is 1. The van der Waals surface area contributed by atoms with Gasteiger partial charge in [0.05, 0.1) is 17.3 Å². The molecule has 1 unspecified atom stereocenters. The number of amides is 1. The fourth-order valence-electron chi connectivity index (χ4n) is 4.95. The summed E-state index contributed by atoms with van der Waals surface area (Å²) in [6.07, 6.45) is 7.15. The maximum Gasteiger partial charge on any atom is 0.255 e. The van der Waals surface area contributed by atoms with E-state index in [4.69, 9.17) is 4.98 Å². The summed E-state index contributed by atoms with van der Waals surface area (Å²) in [4.78, 5) is 42.7. The molecule has 1 atom stereocenters. The molecule has 3 aromatic rings. The number of nitrogens with one attached hydrogen (secondary N) is 1. The van der Waals surface area contributed by atoms with E-state index in [9.17, 15) is 9.59 Å². The normalized spacial score (nSPS) is 18.7. The number of hydrogen-bond donors (Lipinski definition) is 1. The molecule has 33 heavy (non-hydrogen) atoms. The molecule has 1 aromatic carbocycles. The van der Waals surface area contributed by atoms with Crippen LogP contribution in [-0.4, -0.2) is 43.7 Å². The molecule has 0 aliphatic carbocycles. The van der Waals surface area contributed by atoms with Crippen molar-refractivity contribution in [2.24, 2.45) is 0 Å². The number of nitrogens with zero attached hydrogens (tertiary/aromatic N) is 4. The van der Waals surface area contributed by atoms with E-state index in [-0.39, 0.29) is 17.5 Å². The highest BCUT2D eigenvalue weighted by atomic mass is 16.2. The van der Waals surface area contributed by atoms with Gasteiger partial charge in [0.25, 0.3) is 11.5 Å². The van der Waals surface area contributed by atoms with Gasteiger partial charge in [0.1, 0.15) is 5.82 Å². The van der Waals surface area contributed by atoms with Gasteiger partial charge in [-0.1, -0.05) is 23.8 Å². The van der Waals surface area contributed by atoms with Crippen molar-refractivity contribution in [2.75, 3.05) is 13.1 Å². The molecule has 2 aromatic heterocycles. The third-order valence-corrected chi connectivity index (χ3v) is 6.64. The third kappa shape index (κ3) is 4.59. The Hall–Kier alpha value is -3.32. The summed E-state index contributed by atoms with van der Waals surface area (Å²) >= 11 is 0. The van der Waals surface area contributed by atoms with Crippen LogP contribution < -0.4 is 5.56 Å². The highest BCUT2D eigenvalue weighted by molar-refractivity contribution is 5.94. The number of hydrogen-bond acceptors (Lipinski definition) is 5. The van der Waals surface area contributed by atoms with Gasteiger partial charge >= 0.3 is 0 Å². The van der Waals surface area contributed by atoms with Crippen LogP contribution >= 0.6 is 0 Å². The second kappa shape index (κ2) is 9.27. The summed E-state index contributed by atoms with van der Waals surface area (Å²) in [6.45, 7) is 4.84. The number of aromatic amines is 1. The summed E-state index contributed by atoms with van der Waals surface area (Å²) in [6, 6.07) is 11.5. The minimum absolute atomic E-state index is 0.00594. The summed E-state index contributed by atoms with van der Waals surface area (Å²) in [5.41, 5.74) is 4.40. The Morgan fingerprint density at radius 2 is 2.09 bits per heavy atom. The van der Waals surface area contributed by atoms with Crippen LogP contribution in [0.25, 0.3) is 0 Å². The molecule has 4 heterocycles. The lowest BCUT2D eigenvalue weighted by Gasteiger charge is -2.36. The molecule has 170 valence electrons. The maximum atomic E-state index is 13.3. The van der Waals surface area contributed by atoms with Crippen molar-refractivity contribution in [1.29, 1.82) is 0 Å². The van der Waals surface area contributed by atoms with Crippen LogP contribution in [0.15, 0.2) is 53.6 Å². The van der Waals surface area contributed by atoms with Crippen LogP contribution in [0.2, 0.25) is 0 Å². The first-order valence-corrected chi connectivity index (χ1v) is 11.7. The second-order valence-corrected chi connectivity index (χ2v) is 9.08. The molecule has 1 saturated heterocycles. The van der Waals surface area contributed by atoms with E-state index in [1.165, 1.54) is 0 Å². The first-order chi connectivity index (χ1) is 16.1. The Morgan fingerprint density at radius 3 is 2.91 bits per heavy atom. The van der Waals surface area contributed by atoms with Crippen molar-refractivity contribution in [3.63, 3.8) is 0 Å². The molecular formula is C26H29N5O2. The number of carbonyl (C=O) groups excluding carboxylic acids is 1. The van der Waals surface area contributed by atoms with Crippen molar-refractivity contribution < 1.29 is 4.79 Å². The second-order valence-electron chi connectivity index (χ2n) is 9.08. The molecule has 1 N–H and O–H groups in total. The van der Waals surface area contributed by atoms with E-state index in [1.54, 1.807) is 6.20 Å². The Labute approximate surface area is 193 Å². The molecule has 0 radical (unpaired) electrons. The zero-order chi connectivity index (χ0) is 22.8. The zero-order valence-electron chi connectivity index (χ0n) is 19.0. The number of piperidine rings is 1. The van der Waals surface area contributed by atoms with Gasteiger partial charge in [-0.3, -0.25) is 19.5 Å². The topological polar surface area (TPSA) is 82.2 Å². The maximum absolute atomic E-state index is 13.3. The monoisotopic (exact) mass is 443 g/mol. The summed E-state index contributed by atoms with van der Waals surface area (Å²) < 4.78 is 0. The smallest absolute Gasteiger partial charge is 0.255 e. The van der Waals surface area contributed by atoms with Gasteiger partial charge in [0, 0.05) is 50.6 Å². The predicted octanol–water partition coefficient (Wildman–Crippen LogP) is 3.40. The van der Waals surface area contributed by atoms with Crippen molar-refractivity contribution in [2.45, 2.75) is 51.7 Å². The average Bonchev–Trinajstić information content (AvgIpc) is 2.84. The fraction of sp³-hybridized carbons (Fsp3) is 0.385. The number of aryl methyl sites for hydroxylation is 1. The number of carbonyl (C=O) groups is 1. The number of H-pyrrole nitrogens is 1. The van der Waals surface area contributed by atoms with Crippen LogP contribution in [0.1, 0.15) is 63.9 Å². The van der Waals surface area contributed by atoms with Gasteiger partial charge in [0.15, 0.2) is 0 Å². The number of benzene rings is 1. The van der Waals surface area contributed by atoms with E-state index in [0.29, 0.717) is 24.5 Å². The van der Waals surface area contributed by atoms with E-state index in [2.05, 4.69) is 20.9 Å². The number of pyridine rings is 1. The molecule has 1 amide bonds. The number of aromatic nitrogens is 3. The van der Waals surface area contributed by atoms with Crippen LogP contribution in [-0.2, 0) is 19.5 Å². The molecule has 2 aliphatic heterocycles. The highest BCUT2D eigenvalue weighted by Gasteiger charge is 2.32. The van der Waals surface area contributed by atoms with Crippen LogP contribution in [0.4, 0.5) is 0 Å². The van der Waals surface area contributed by atoms with Crippen molar-refractivity contribution in [3.05, 3.63) is 92.9 Å². The first-order valence-electron chi connectivity index (χ1n) is 11.7. The predicted molar refractivity (Wildman–Crippen MR) is 126 cm³/mol. The van der Waals surface area contributed by atoms with Crippen molar-refractivity contribution in [1.82, 2.24) is 24.8 Å². The molecule has 1 fully saturated rings. The Morgan fingerprint density at radius 1 is 1.18 bits per heavy atom. The van der Waals surface area contributed by atoms with Crippen molar-refractivity contribution >= 4 is 5.91 Å². The largest absolute Gasteiger partial charge is 0.328 e. The van der Waals surface area contributed by atoms with Gasteiger partial charge in [-0.05, 0) is 49.9 Å².